The van der Waals surface area contributed by atoms with Crippen LogP contribution < -0.4 is 0 Å². The summed E-state index contributed by atoms with van der Waals surface area (Å²) in [5, 5.41) is 207. The molecule has 0 amide bonds. The van der Waals surface area contributed by atoms with Crippen LogP contribution in [-0.2, 0) is 61.6 Å². The Hall–Kier alpha value is -1.99. The van der Waals surface area contributed by atoms with Crippen LogP contribution in [0.2, 0.25) is 0 Å². The lowest BCUT2D eigenvalue weighted by Gasteiger charge is -2.71. The van der Waals surface area contributed by atoms with Gasteiger partial charge in [-0.15, -0.1) is 0 Å². The number of fused-ring (bicyclic) bond motifs is 7. The number of carbonyl (C=O) groups excluding carboxylic acids is 1. The van der Waals surface area contributed by atoms with Crippen LogP contribution in [0.4, 0.5) is 0 Å². The molecule has 32 heteroatoms. The lowest BCUT2D eigenvalue weighted by atomic mass is 9.33. The first-order chi connectivity index (χ1) is 45.6. The van der Waals surface area contributed by atoms with E-state index in [4.69, 9.17) is 56.8 Å². The molecule has 11 aliphatic rings. The first-order valence-corrected chi connectivity index (χ1v) is 34.3. The highest BCUT2D eigenvalue weighted by molar-refractivity contribution is 5.79. The third-order valence-corrected chi connectivity index (χ3v) is 25.3. The molecule has 19 N–H and O–H groups in total. The second kappa shape index (κ2) is 28.8. The molecule has 0 aromatic heterocycles. The number of rotatable bonds is 17. The van der Waals surface area contributed by atoms with E-state index < -0.39 is 245 Å². The summed E-state index contributed by atoms with van der Waals surface area (Å²) in [6, 6.07) is 0. The number of ether oxygens (including phenoxy) is 12. The van der Waals surface area contributed by atoms with Crippen molar-refractivity contribution in [2.75, 3.05) is 39.6 Å². The molecular weight excluding hydrogens is 1290 g/mol. The van der Waals surface area contributed by atoms with E-state index in [1.54, 1.807) is 0 Å². The first-order valence-electron chi connectivity index (χ1n) is 34.3. The van der Waals surface area contributed by atoms with Gasteiger partial charge in [-0.25, -0.2) is 0 Å². The summed E-state index contributed by atoms with van der Waals surface area (Å²) < 4.78 is 70.9. The Morgan fingerprint density at radius 2 is 1.05 bits per heavy atom. The van der Waals surface area contributed by atoms with Crippen molar-refractivity contribution in [2.45, 2.75) is 297 Å². The minimum absolute atomic E-state index is 0.0455. The van der Waals surface area contributed by atoms with Gasteiger partial charge in [-0.3, -0.25) is 4.79 Å². The summed E-state index contributed by atoms with van der Waals surface area (Å²) in [4.78, 5) is 15.2. The van der Waals surface area contributed by atoms with Gasteiger partial charge in [0.2, 0.25) is 6.29 Å². The summed E-state index contributed by atoms with van der Waals surface area (Å²) in [6.07, 6.45) is -42.5. The van der Waals surface area contributed by atoms with Gasteiger partial charge in [0.15, 0.2) is 31.5 Å². The number of esters is 1. The van der Waals surface area contributed by atoms with Crippen LogP contribution in [0.1, 0.15) is 113 Å². The second-order valence-corrected chi connectivity index (χ2v) is 31.3. The van der Waals surface area contributed by atoms with E-state index in [-0.39, 0.29) is 35.2 Å². The molecule has 6 heterocycles. The predicted molar refractivity (Wildman–Crippen MR) is 322 cm³/mol. The van der Waals surface area contributed by atoms with Gasteiger partial charge in [0, 0.05) is 5.41 Å². The fourth-order valence-corrected chi connectivity index (χ4v) is 19.1. The third-order valence-electron chi connectivity index (χ3n) is 25.3. The summed E-state index contributed by atoms with van der Waals surface area (Å²) in [5.41, 5.74) is -2.35. The van der Waals surface area contributed by atoms with Gasteiger partial charge in [0.05, 0.1) is 57.3 Å². The molecule has 97 heavy (non-hydrogen) atoms. The molecule has 0 spiro atoms. The zero-order chi connectivity index (χ0) is 70.7. The molecule has 558 valence electrons. The van der Waals surface area contributed by atoms with Crippen LogP contribution in [0.5, 0.6) is 0 Å². The van der Waals surface area contributed by atoms with E-state index in [0.29, 0.717) is 64.2 Å². The Bertz CT molecular complexity index is 2710. The average Bonchev–Trinajstić information content (AvgIpc) is 0.675. The predicted octanol–water partition coefficient (Wildman–Crippen LogP) is -5.75. The van der Waals surface area contributed by atoms with E-state index in [9.17, 15) is 97.0 Å². The highest BCUT2D eigenvalue weighted by Gasteiger charge is 2.71. The standard InChI is InChI=1S/C65H106O32/c1-25-36(71)43(78)52(96-54-45(80)37(72)28(70)22-86-54)58(88-25)95-51-40(75)30(20-67)90-57(49(51)84)94-50-31(21-68)91-55(48(83)44(50)79)93-35-11-12-61(4)33(62(35,5)24-69)10-13-64(7)34(61)9-8-26-27-18-60(2,3)14-16-65(27,17-15-63(26,64)6)59(85)97-56-47(82)42(77)39(74)32(92-56)23-87-53-46(81)41(76)38(73)29(19-66)89-53/h8,25,27-58,66-84H,9-24H2,1-7H3/t25-,27?,28-,29+,30+,31+,32+,33?,34?,35?,36-,37-,38+,39+,40+,41-,42-,43+,44+,45+,46+,47+,48+,49+,50+,51-,52+,53+,54-,55-,56-,57-,58-,61?,62?,63?,64?,65?/m0/s1. The summed E-state index contributed by atoms with van der Waals surface area (Å²) >= 11 is 0. The van der Waals surface area contributed by atoms with Crippen molar-refractivity contribution in [3.8, 4) is 0 Å². The minimum atomic E-state index is -2.05. The first kappa shape index (κ1) is 76.1. The smallest absolute Gasteiger partial charge is 0.315 e. The Morgan fingerprint density at radius 1 is 0.495 bits per heavy atom. The van der Waals surface area contributed by atoms with E-state index in [1.165, 1.54) is 6.92 Å². The lowest BCUT2D eigenvalue weighted by molar-refractivity contribution is -0.393. The van der Waals surface area contributed by atoms with Gasteiger partial charge in [-0.1, -0.05) is 53.2 Å². The molecule has 6 aliphatic heterocycles. The number of aliphatic hydroxyl groups is 19. The minimum Gasteiger partial charge on any atom is -0.432 e. The van der Waals surface area contributed by atoms with Crippen molar-refractivity contribution in [3.05, 3.63) is 11.6 Å². The third kappa shape index (κ3) is 13.2. The largest absolute Gasteiger partial charge is 0.432 e. The monoisotopic (exact) mass is 1400 g/mol. The molecule has 0 bridgehead atoms. The lowest BCUT2D eigenvalue weighted by Crippen LogP contribution is -2.68. The normalized spacial score (nSPS) is 54.7. The van der Waals surface area contributed by atoms with Crippen molar-refractivity contribution in [2.24, 2.45) is 50.2 Å². The van der Waals surface area contributed by atoms with Gasteiger partial charge in [0.1, 0.15) is 134 Å². The average molecular weight is 1400 g/mol. The van der Waals surface area contributed by atoms with Crippen molar-refractivity contribution in [3.63, 3.8) is 0 Å². The van der Waals surface area contributed by atoms with Gasteiger partial charge in [0.25, 0.3) is 0 Å². The van der Waals surface area contributed by atoms with E-state index in [2.05, 4.69) is 40.7 Å². The Kier molecular flexibility index (Phi) is 22.6. The van der Waals surface area contributed by atoms with Crippen molar-refractivity contribution < 1.29 is 159 Å². The van der Waals surface area contributed by atoms with Gasteiger partial charge >= 0.3 is 5.97 Å². The Morgan fingerprint density at radius 3 is 1.72 bits per heavy atom. The molecule has 10 fully saturated rings. The SMILES string of the molecule is C[C@@H]1O[C@@H](O[C@@H]2[C@@H](O)[C@H](O[C@H]3[C@H](O)[C@@H](O)[C@H](OC4CCC5(C)C(CCC6(C)C5CC=C5C7CC(C)(C)CCC7(C(=O)O[C@@H]7O[C@H](CO[C@@H]8O[C@H](CO)[C@@H](O)[C@H](O)[C@H]8O)[C@@H](O)[C@H](O)[C@H]7O)CCC56C)C4(C)CO)O[C@@H]3CO)O[C@H](CO)[C@H]2O)[C@H](O[C@@H]2OC[C@H](O)[C@H](O)[C@H]2O)[C@H](O)[C@H]1O. The van der Waals surface area contributed by atoms with Gasteiger partial charge in [-0.2, -0.15) is 0 Å². The number of hydrogen-bond donors (Lipinski definition) is 19. The fraction of sp³-hybridized carbons (Fsp3) is 0.954. The summed E-state index contributed by atoms with van der Waals surface area (Å²) in [5.74, 6) is -1.08. The molecule has 11 rings (SSSR count). The number of allylic oxidation sites excluding steroid dienone is 2. The number of hydrogen-bond acceptors (Lipinski definition) is 32. The quantitative estimate of drug-likeness (QED) is 0.0366. The highest BCUT2D eigenvalue weighted by Crippen LogP contribution is 2.76. The molecule has 32 nitrogen and oxygen atoms in total. The maximum Gasteiger partial charge on any atom is 0.315 e. The fourth-order valence-electron chi connectivity index (χ4n) is 19.1. The maximum absolute atomic E-state index is 15.2. The molecular formula is C65H106O32. The van der Waals surface area contributed by atoms with E-state index >= 15 is 4.79 Å². The molecule has 38 atom stereocenters. The van der Waals surface area contributed by atoms with Crippen LogP contribution in [0.15, 0.2) is 11.6 Å². The Balaban J connectivity index is 0.765. The van der Waals surface area contributed by atoms with Crippen LogP contribution in [0.25, 0.3) is 0 Å². The number of carbonyl (C=O) groups is 1. The molecule has 6 saturated heterocycles. The molecule has 5 aliphatic carbocycles. The van der Waals surface area contributed by atoms with Crippen LogP contribution in [0.3, 0.4) is 0 Å². The molecule has 4 saturated carbocycles. The molecule has 0 aromatic rings. The van der Waals surface area contributed by atoms with Crippen LogP contribution >= 0.6 is 0 Å². The van der Waals surface area contributed by atoms with Crippen LogP contribution in [-0.4, -0.2) is 327 Å². The van der Waals surface area contributed by atoms with Crippen molar-refractivity contribution >= 4 is 5.97 Å². The number of aliphatic hydroxyl groups excluding tert-OH is 19. The zero-order valence-electron chi connectivity index (χ0n) is 55.7. The highest BCUT2D eigenvalue weighted by atomic mass is 16.8. The molecule has 0 aromatic carbocycles. The zero-order valence-corrected chi connectivity index (χ0v) is 55.7. The van der Waals surface area contributed by atoms with Gasteiger partial charge < -0.3 is 154 Å². The van der Waals surface area contributed by atoms with Gasteiger partial charge in [-0.05, 0) is 111 Å². The van der Waals surface area contributed by atoms with E-state index in [1.807, 2.05) is 6.92 Å². The van der Waals surface area contributed by atoms with Crippen LogP contribution in [0, 0.1) is 50.2 Å². The molecule has 0 radical (unpaired) electrons. The van der Waals surface area contributed by atoms with Crippen molar-refractivity contribution in [1.29, 1.82) is 0 Å². The maximum atomic E-state index is 15.2. The summed E-state index contributed by atoms with van der Waals surface area (Å²) in [6.45, 7) is 10.6. The van der Waals surface area contributed by atoms with E-state index in [0.717, 1.165) is 5.57 Å². The van der Waals surface area contributed by atoms with Crippen molar-refractivity contribution in [1.82, 2.24) is 0 Å². The molecule has 9 unspecified atom stereocenters. The summed E-state index contributed by atoms with van der Waals surface area (Å²) in [7, 11) is 0. The second-order valence-electron chi connectivity index (χ2n) is 31.3. The topological polar surface area (TPSA) is 512 Å². The Labute approximate surface area is 561 Å².